The molecule has 0 aromatic rings. The van der Waals surface area contributed by atoms with Crippen LogP contribution in [0.15, 0.2) is 17.3 Å². The van der Waals surface area contributed by atoms with Gasteiger partial charge in [-0.15, -0.1) is 0 Å². The maximum absolute atomic E-state index is 6.17. The van der Waals surface area contributed by atoms with Crippen molar-refractivity contribution in [3.8, 4) is 0 Å². The molecule has 2 unspecified atom stereocenters. The molecule has 1 saturated heterocycles. The Balaban J connectivity index is 2.03. The first-order valence-corrected chi connectivity index (χ1v) is 5.38. The molecule has 0 bridgehead atoms. The zero-order valence-electron chi connectivity index (χ0n) is 9.11. The van der Waals surface area contributed by atoms with Gasteiger partial charge in [-0.3, -0.25) is 0 Å². The summed E-state index contributed by atoms with van der Waals surface area (Å²) in [5.74, 6) is 0.403. The molecular formula is C10H19N5. The van der Waals surface area contributed by atoms with Crippen LogP contribution in [0.5, 0.6) is 0 Å². The molecule has 0 radical (unpaired) electrons. The summed E-state index contributed by atoms with van der Waals surface area (Å²) in [5, 5.41) is 2.83. The summed E-state index contributed by atoms with van der Waals surface area (Å²) in [6.45, 7) is 1.15. The van der Waals surface area contributed by atoms with Crippen molar-refractivity contribution in [2.45, 2.75) is 31.0 Å². The number of nitrogens with zero attached hydrogens (tertiary/aromatic N) is 2. The number of nitrogens with two attached hydrogens (primary N) is 2. The average molecular weight is 209 g/mol. The molecule has 2 heterocycles. The summed E-state index contributed by atoms with van der Waals surface area (Å²) in [7, 11) is 2.14. The van der Waals surface area contributed by atoms with E-state index in [1.807, 2.05) is 6.08 Å². The molecule has 0 aliphatic carbocycles. The second-order valence-electron chi connectivity index (χ2n) is 4.45. The summed E-state index contributed by atoms with van der Waals surface area (Å²) >= 11 is 0. The van der Waals surface area contributed by atoms with Gasteiger partial charge in [0.15, 0.2) is 5.96 Å². The topological polar surface area (TPSA) is 79.7 Å². The summed E-state index contributed by atoms with van der Waals surface area (Å²) in [5.41, 5.74) is 11.2. The fourth-order valence-electron chi connectivity index (χ4n) is 2.29. The van der Waals surface area contributed by atoms with Gasteiger partial charge in [-0.05, 0) is 32.5 Å². The van der Waals surface area contributed by atoms with Crippen LogP contribution < -0.4 is 16.8 Å². The molecule has 0 aromatic carbocycles. The van der Waals surface area contributed by atoms with E-state index in [1.54, 1.807) is 6.20 Å². The minimum Gasteiger partial charge on any atom is -0.370 e. The highest BCUT2D eigenvalue weighted by molar-refractivity contribution is 5.80. The molecule has 0 amide bonds. The Kier molecular flexibility index (Phi) is 2.67. The molecule has 2 aliphatic heterocycles. The average Bonchev–Trinajstić information content (AvgIpc) is 2.50. The molecule has 2 rings (SSSR count). The van der Waals surface area contributed by atoms with Crippen LogP contribution in [0.4, 0.5) is 0 Å². The highest BCUT2D eigenvalue weighted by Gasteiger charge is 2.31. The van der Waals surface area contributed by atoms with Crippen molar-refractivity contribution in [2.24, 2.45) is 16.5 Å². The molecule has 0 saturated carbocycles. The zero-order chi connectivity index (χ0) is 10.9. The lowest BCUT2D eigenvalue weighted by atomic mass is 9.99. The number of hydrogen-bond acceptors (Lipinski definition) is 5. The van der Waals surface area contributed by atoms with Crippen LogP contribution in [0.3, 0.4) is 0 Å². The maximum Gasteiger partial charge on any atom is 0.194 e. The van der Waals surface area contributed by atoms with Crippen molar-refractivity contribution < 1.29 is 0 Å². The van der Waals surface area contributed by atoms with Gasteiger partial charge in [-0.25, -0.2) is 4.99 Å². The van der Waals surface area contributed by atoms with Crippen LogP contribution in [0.2, 0.25) is 0 Å². The Morgan fingerprint density at radius 2 is 2.53 bits per heavy atom. The third-order valence-electron chi connectivity index (χ3n) is 3.17. The van der Waals surface area contributed by atoms with Crippen molar-refractivity contribution in [3.05, 3.63) is 12.3 Å². The van der Waals surface area contributed by atoms with E-state index in [-0.39, 0.29) is 0 Å². The van der Waals surface area contributed by atoms with E-state index in [9.17, 15) is 0 Å². The quantitative estimate of drug-likeness (QED) is 0.576. The number of likely N-dealkylation sites (tertiary alicyclic amines) is 1. The monoisotopic (exact) mass is 209 g/mol. The molecule has 5 N–H and O–H groups in total. The fourth-order valence-corrected chi connectivity index (χ4v) is 2.29. The van der Waals surface area contributed by atoms with Crippen LogP contribution in [0.25, 0.3) is 0 Å². The lowest BCUT2D eigenvalue weighted by Crippen LogP contribution is -2.47. The van der Waals surface area contributed by atoms with Gasteiger partial charge in [-0.2, -0.15) is 0 Å². The van der Waals surface area contributed by atoms with E-state index in [2.05, 4.69) is 22.3 Å². The number of hydrogen-bond donors (Lipinski definition) is 3. The van der Waals surface area contributed by atoms with Crippen LogP contribution >= 0.6 is 0 Å². The smallest absolute Gasteiger partial charge is 0.194 e. The third kappa shape index (κ3) is 2.30. The second kappa shape index (κ2) is 3.83. The van der Waals surface area contributed by atoms with Crippen molar-refractivity contribution >= 4 is 5.96 Å². The van der Waals surface area contributed by atoms with E-state index in [0.29, 0.717) is 12.0 Å². The SMILES string of the molecule is CN1CCCC1CC1(N)C=CNC(N)=N1. The molecular weight excluding hydrogens is 190 g/mol. The van der Waals surface area contributed by atoms with Crippen molar-refractivity contribution in [1.82, 2.24) is 10.2 Å². The van der Waals surface area contributed by atoms with E-state index < -0.39 is 5.66 Å². The van der Waals surface area contributed by atoms with Crippen molar-refractivity contribution in [1.29, 1.82) is 0 Å². The molecule has 2 aliphatic rings. The fraction of sp³-hybridized carbons (Fsp3) is 0.700. The minimum atomic E-state index is -0.626. The Morgan fingerprint density at radius 1 is 1.73 bits per heavy atom. The van der Waals surface area contributed by atoms with Crippen LogP contribution in [-0.2, 0) is 0 Å². The third-order valence-corrected chi connectivity index (χ3v) is 3.17. The van der Waals surface area contributed by atoms with Gasteiger partial charge in [0.25, 0.3) is 0 Å². The normalized spacial score (nSPS) is 36.4. The highest BCUT2D eigenvalue weighted by atomic mass is 15.2. The Morgan fingerprint density at radius 3 is 3.13 bits per heavy atom. The summed E-state index contributed by atoms with van der Waals surface area (Å²) in [4.78, 5) is 6.60. The van der Waals surface area contributed by atoms with E-state index in [1.165, 1.54) is 12.8 Å². The van der Waals surface area contributed by atoms with Crippen LogP contribution in [0.1, 0.15) is 19.3 Å². The van der Waals surface area contributed by atoms with Gasteiger partial charge in [-0.1, -0.05) is 0 Å². The largest absolute Gasteiger partial charge is 0.370 e. The van der Waals surface area contributed by atoms with Gasteiger partial charge in [0.1, 0.15) is 5.66 Å². The van der Waals surface area contributed by atoms with Gasteiger partial charge in [0.2, 0.25) is 0 Å². The molecule has 5 heteroatoms. The molecule has 15 heavy (non-hydrogen) atoms. The Bertz CT molecular complexity index is 298. The van der Waals surface area contributed by atoms with Gasteiger partial charge in [0, 0.05) is 18.7 Å². The number of nitrogens with one attached hydrogen (secondary N) is 1. The lowest BCUT2D eigenvalue weighted by molar-refractivity contribution is 0.262. The van der Waals surface area contributed by atoms with Crippen molar-refractivity contribution in [3.63, 3.8) is 0 Å². The zero-order valence-corrected chi connectivity index (χ0v) is 9.11. The highest BCUT2D eigenvalue weighted by Crippen LogP contribution is 2.25. The molecule has 1 fully saturated rings. The predicted octanol–water partition coefficient (Wildman–Crippen LogP) is -0.443. The first-order valence-electron chi connectivity index (χ1n) is 5.38. The molecule has 5 nitrogen and oxygen atoms in total. The number of guanidine groups is 1. The maximum atomic E-state index is 6.17. The summed E-state index contributed by atoms with van der Waals surface area (Å²) < 4.78 is 0. The van der Waals surface area contributed by atoms with E-state index in [0.717, 1.165) is 13.0 Å². The van der Waals surface area contributed by atoms with E-state index in [4.69, 9.17) is 11.5 Å². The Labute approximate surface area is 90.2 Å². The minimum absolute atomic E-state index is 0.403. The lowest BCUT2D eigenvalue weighted by Gasteiger charge is -2.30. The molecule has 0 spiro atoms. The predicted molar refractivity (Wildman–Crippen MR) is 61.1 cm³/mol. The van der Waals surface area contributed by atoms with Gasteiger partial charge in [0.05, 0.1) is 0 Å². The Hall–Kier alpha value is -1.07. The van der Waals surface area contributed by atoms with Gasteiger partial charge < -0.3 is 21.7 Å². The molecule has 2 atom stereocenters. The van der Waals surface area contributed by atoms with Gasteiger partial charge >= 0.3 is 0 Å². The standard InChI is InChI=1S/C10H19N5/c1-15-6-2-3-8(15)7-10(12)4-5-13-9(11)14-10/h4-5,8H,2-3,6-7,12H2,1H3,(H3,11,13,14). The summed E-state index contributed by atoms with van der Waals surface area (Å²) in [6.07, 6.45) is 6.94. The van der Waals surface area contributed by atoms with E-state index >= 15 is 0 Å². The number of aliphatic imine (C=N–C) groups is 1. The van der Waals surface area contributed by atoms with Crippen molar-refractivity contribution in [2.75, 3.05) is 13.6 Å². The first kappa shape index (κ1) is 10.4. The number of rotatable bonds is 2. The van der Waals surface area contributed by atoms with Crippen LogP contribution in [-0.4, -0.2) is 36.2 Å². The first-order chi connectivity index (χ1) is 7.09. The second-order valence-corrected chi connectivity index (χ2v) is 4.45. The van der Waals surface area contributed by atoms with Crippen LogP contribution in [0, 0.1) is 0 Å². The molecule has 0 aromatic heterocycles. The summed E-state index contributed by atoms with van der Waals surface area (Å²) in [6, 6.07) is 0.522. The molecule has 84 valence electrons.